The molecule has 0 atom stereocenters. The first kappa shape index (κ1) is 54.9. The highest BCUT2D eigenvalue weighted by Crippen LogP contribution is 2.01. The van der Waals surface area contributed by atoms with E-state index in [1.54, 1.807) is 0 Å². The van der Waals surface area contributed by atoms with Crippen LogP contribution in [0.1, 0.15) is 51.9 Å². The van der Waals surface area contributed by atoms with Crippen LogP contribution in [0.2, 0.25) is 0 Å². The highest BCUT2D eigenvalue weighted by atomic mass is 16.6. The van der Waals surface area contributed by atoms with Gasteiger partial charge in [-0.1, -0.05) is 6.92 Å². The van der Waals surface area contributed by atoms with Crippen LogP contribution in [0.15, 0.2) is 0 Å². The first-order chi connectivity index (χ1) is 27.9. The molecule has 0 saturated heterocycles. The molecule has 0 radical (unpaired) electrons. The molecule has 0 saturated carbocycles. The van der Waals surface area contributed by atoms with Crippen molar-refractivity contribution in [2.24, 2.45) is 5.73 Å². The molecule has 0 amide bonds. The van der Waals surface area contributed by atoms with Crippen LogP contribution < -0.4 is 11.1 Å². The zero-order valence-corrected chi connectivity index (χ0v) is 35.5. The van der Waals surface area contributed by atoms with E-state index >= 15 is 0 Å². The predicted octanol–water partition coefficient (Wildman–Crippen LogP) is 0.911. The topological polar surface area (TPSA) is 197 Å². The Morgan fingerprint density at radius 3 is 1.25 bits per heavy atom. The van der Waals surface area contributed by atoms with E-state index in [9.17, 15) is 14.4 Å². The Morgan fingerprint density at radius 2 is 0.825 bits per heavy atom. The highest BCUT2D eigenvalue weighted by molar-refractivity contribution is 5.70. The van der Waals surface area contributed by atoms with Crippen molar-refractivity contribution in [3.05, 3.63) is 0 Å². The molecule has 0 fully saturated rings. The molecule has 3 N–H and O–H groups in total. The van der Waals surface area contributed by atoms with Crippen molar-refractivity contribution in [2.45, 2.75) is 51.9 Å². The second-order valence-electron chi connectivity index (χ2n) is 13.1. The van der Waals surface area contributed by atoms with Gasteiger partial charge in [0.25, 0.3) is 0 Å². The Bertz CT molecular complexity index is 894. The van der Waals surface area contributed by atoms with E-state index in [1.807, 2.05) is 21.0 Å². The highest BCUT2D eigenvalue weighted by Gasteiger charge is 2.13. The van der Waals surface area contributed by atoms with Crippen molar-refractivity contribution in [1.29, 1.82) is 0 Å². The van der Waals surface area contributed by atoms with Gasteiger partial charge in [-0.3, -0.25) is 14.4 Å². The van der Waals surface area contributed by atoms with Crippen LogP contribution in [-0.4, -0.2) is 213 Å². The van der Waals surface area contributed by atoms with E-state index in [2.05, 4.69) is 15.1 Å². The maximum Gasteiger partial charge on any atom is 0.307 e. The average Bonchev–Trinajstić information content (AvgIpc) is 3.19. The zero-order valence-electron chi connectivity index (χ0n) is 35.5. The summed E-state index contributed by atoms with van der Waals surface area (Å²) < 4.78 is 59.2. The number of rotatable bonds is 46. The molecule has 0 spiro atoms. The van der Waals surface area contributed by atoms with Gasteiger partial charge >= 0.3 is 17.9 Å². The number of carbonyl (C=O) groups excluding carboxylic acids is 3. The van der Waals surface area contributed by atoms with Crippen molar-refractivity contribution in [1.82, 2.24) is 15.1 Å². The third-order valence-electron chi connectivity index (χ3n) is 7.67. The molecule has 57 heavy (non-hydrogen) atoms. The maximum atomic E-state index is 12.3. The summed E-state index contributed by atoms with van der Waals surface area (Å²) in [5.41, 5.74) is 5.40. The van der Waals surface area contributed by atoms with Crippen LogP contribution >= 0.6 is 0 Å². The lowest BCUT2D eigenvalue weighted by molar-refractivity contribution is -0.146. The van der Waals surface area contributed by atoms with Gasteiger partial charge in [-0.2, -0.15) is 0 Å². The number of nitrogens with two attached hydrogens (primary N) is 1. The van der Waals surface area contributed by atoms with Gasteiger partial charge in [0.15, 0.2) is 0 Å². The number of esters is 3. The van der Waals surface area contributed by atoms with Gasteiger partial charge in [-0.05, 0) is 66.0 Å². The minimum atomic E-state index is -0.318. The molecule has 338 valence electrons. The first-order valence-corrected chi connectivity index (χ1v) is 20.8. The standard InChI is InChI=1S/C39H78N4O14/c1-4-18-47-21-24-52-32-35-56-38(45)9-16-43(15-7-14-42(2)3)17-10-39(46)57-36-33-54-30-28-51-27-29-53-31-34-55-37(44)8-13-41-12-6-20-49-23-26-50-25-22-48-19-5-11-40/h41H,4-36,40H2,1-3H3. The number of hydrogen-bond acceptors (Lipinski definition) is 18. The molecule has 0 aliphatic carbocycles. The zero-order chi connectivity index (χ0) is 41.7. The Hall–Kier alpha value is -2.07. The molecule has 0 bridgehead atoms. The third-order valence-corrected chi connectivity index (χ3v) is 7.67. The van der Waals surface area contributed by atoms with Crippen LogP contribution in [0.5, 0.6) is 0 Å². The largest absolute Gasteiger partial charge is 0.463 e. The molecule has 0 rings (SSSR count). The molecule has 18 heteroatoms. The number of hydrogen-bond donors (Lipinski definition) is 2. The Kier molecular flexibility index (Phi) is 43.4. The predicted molar refractivity (Wildman–Crippen MR) is 214 cm³/mol. The van der Waals surface area contributed by atoms with E-state index in [4.69, 9.17) is 57.8 Å². The summed E-state index contributed by atoms with van der Waals surface area (Å²) in [6.07, 6.45) is 4.30. The molecule has 18 nitrogen and oxygen atoms in total. The van der Waals surface area contributed by atoms with Crippen LogP contribution in [0, 0.1) is 0 Å². The first-order valence-electron chi connectivity index (χ1n) is 20.8. The number of nitrogens with zero attached hydrogens (tertiary/aromatic N) is 2. The molecule has 0 heterocycles. The molecule has 0 aromatic rings. The molecular formula is C39H78N4O14. The fraction of sp³-hybridized carbons (Fsp3) is 0.923. The summed E-state index contributed by atoms with van der Waals surface area (Å²) in [6.45, 7) is 14.7. The lowest BCUT2D eigenvalue weighted by Gasteiger charge is -2.22. The van der Waals surface area contributed by atoms with E-state index < -0.39 is 0 Å². The van der Waals surface area contributed by atoms with E-state index in [-0.39, 0.29) is 63.6 Å². The second-order valence-corrected chi connectivity index (χ2v) is 13.1. The monoisotopic (exact) mass is 827 g/mol. The fourth-order valence-corrected chi connectivity index (χ4v) is 4.65. The number of carbonyl (C=O) groups is 3. The summed E-state index contributed by atoms with van der Waals surface area (Å²) in [5, 5.41) is 3.20. The van der Waals surface area contributed by atoms with Gasteiger partial charge in [0, 0.05) is 39.5 Å². The molecule has 0 aromatic heterocycles. The van der Waals surface area contributed by atoms with Crippen molar-refractivity contribution >= 4 is 17.9 Å². The molecule has 0 aliphatic rings. The molecule has 0 aromatic carbocycles. The van der Waals surface area contributed by atoms with Crippen LogP contribution in [-0.2, 0) is 66.5 Å². The summed E-state index contributed by atoms with van der Waals surface area (Å²) >= 11 is 0. The van der Waals surface area contributed by atoms with Crippen LogP contribution in [0.3, 0.4) is 0 Å². The molecular weight excluding hydrogens is 748 g/mol. The average molecular weight is 827 g/mol. The third kappa shape index (κ3) is 44.9. The summed E-state index contributed by atoms with van der Waals surface area (Å²) in [5.74, 6) is -0.889. The van der Waals surface area contributed by atoms with Gasteiger partial charge in [0.05, 0.1) is 105 Å². The Labute approximate surface area is 342 Å². The minimum absolute atomic E-state index is 0.149. The lowest BCUT2D eigenvalue weighted by Crippen LogP contribution is -2.32. The quantitative estimate of drug-likeness (QED) is 0.0499. The Morgan fingerprint density at radius 1 is 0.439 bits per heavy atom. The smallest absolute Gasteiger partial charge is 0.307 e. The molecule has 0 unspecified atom stereocenters. The molecule has 0 aliphatic heterocycles. The van der Waals surface area contributed by atoms with Gasteiger partial charge in [0.1, 0.15) is 19.8 Å². The van der Waals surface area contributed by atoms with E-state index in [0.717, 1.165) is 45.3 Å². The summed E-state index contributed by atoms with van der Waals surface area (Å²) in [4.78, 5) is 40.6. The van der Waals surface area contributed by atoms with Crippen molar-refractivity contribution in [2.75, 3.05) is 185 Å². The van der Waals surface area contributed by atoms with Gasteiger partial charge in [-0.15, -0.1) is 0 Å². The fourth-order valence-electron chi connectivity index (χ4n) is 4.65. The van der Waals surface area contributed by atoms with Crippen LogP contribution in [0.4, 0.5) is 0 Å². The number of ether oxygens (including phenoxy) is 11. The second kappa shape index (κ2) is 45.0. The van der Waals surface area contributed by atoms with Gasteiger partial charge < -0.3 is 73.0 Å². The maximum absolute atomic E-state index is 12.3. The number of nitrogens with one attached hydrogen (secondary N) is 1. The van der Waals surface area contributed by atoms with E-state index in [0.29, 0.717) is 125 Å². The lowest BCUT2D eigenvalue weighted by atomic mass is 10.3. The van der Waals surface area contributed by atoms with E-state index in [1.165, 1.54) is 0 Å². The van der Waals surface area contributed by atoms with Crippen molar-refractivity contribution < 1.29 is 66.5 Å². The van der Waals surface area contributed by atoms with Crippen molar-refractivity contribution in [3.63, 3.8) is 0 Å². The summed E-state index contributed by atoms with van der Waals surface area (Å²) in [6, 6.07) is 0. The van der Waals surface area contributed by atoms with Gasteiger partial charge in [0.2, 0.25) is 0 Å². The van der Waals surface area contributed by atoms with Gasteiger partial charge in [-0.25, -0.2) is 0 Å². The minimum Gasteiger partial charge on any atom is -0.463 e. The Balaban J connectivity index is 3.66. The SMILES string of the molecule is CCCOCCOCCOC(=O)CCN(CCCN(C)C)CCC(=O)OCCOCCOCCOCCOC(=O)CCNCCCOCCOCCOCCCN. The normalized spacial score (nSPS) is 11.5. The summed E-state index contributed by atoms with van der Waals surface area (Å²) in [7, 11) is 4.02. The van der Waals surface area contributed by atoms with Crippen molar-refractivity contribution in [3.8, 4) is 0 Å². The van der Waals surface area contributed by atoms with Crippen LogP contribution in [0.25, 0.3) is 0 Å².